The number of benzene rings is 1. The Kier molecular flexibility index (Phi) is 7.15. The van der Waals surface area contributed by atoms with Gasteiger partial charge in [-0.05, 0) is 6.07 Å². The summed E-state index contributed by atoms with van der Waals surface area (Å²) in [6.45, 7) is 0. The third-order valence-corrected chi connectivity index (χ3v) is 1.92. The van der Waals surface area contributed by atoms with Crippen molar-refractivity contribution in [1.82, 2.24) is 10.0 Å². The minimum atomic E-state index is -5.08. The smallest absolute Gasteiger partial charge is 0.475 e. The Bertz CT molecular complexity index is 669. The Morgan fingerprint density at radius 1 is 0.917 bits per heavy atom. The molecule has 0 amide bonds. The molecule has 1 heterocycles. The zero-order valence-electron chi connectivity index (χ0n) is 11.1. The Morgan fingerprint density at radius 2 is 1.29 bits per heavy atom. The number of nitrogens with zero attached hydrogens (tertiary/aromatic N) is 2. The van der Waals surface area contributed by atoms with Gasteiger partial charge in [-0.25, -0.2) is 9.59 Å². The molecule has 6 nitrogen and oxygen atoms in total. The molecule has 0 unspecified atom stereocenters. The molecule has 2 rings (SSSR count). The van der Waals surface area contributed by atoms with Crippen LogP contribution in [0.4, 0.5) is 30.8 Å². The first-order chi connectivity index (χ1) is 10.8. The summed E-state index contributed by atoms with van der Waals surface area (Å²) in [4.78, 5) is 18.2. The van der Waals surface area contributed by atoms with E-state index >= 15 is 0 Å². The molecule has 0 saturated carbocycles. The Balaban J connectivity index is 0.000000343. The largest absolute Gasteiger partial charge is 0.490 e. The highest BCUT2D eigenvalue weighted by Crippen LogP contribution is 2.14. The van der Waals surface area contributed by atoms with E-state index in [2.05, 4.69) is 5.10 Å². The second-order valence-corrected chi connectivity index (χ2v) is 3.67. The Hall–Kier alpha value is -2.86. The summed E-state index contributed by atoms with van der Waals surface area (Å²) in [5, 5.41) is 18.5. The van der Waals surface area contributed by atoms with Crippen LogP contribution < -0.4 is 0 Å². The van der Waals surface area contributed by atoms with Gasteiger partial charge in [-0.1, -0.05) is 27.6 Å². The lowest BCUT2D eigenvalue weighted by atomic mass is 10.3. The third kappa shape index (κ3) is 7.42. The van der Waals surface area contributed by atoms with E-state index in [0.29, 0.717) is 10.4 Å². The number of hydrogen-bond donors (Lipinski definition) is 2. The van der Waals surface area contributed by atoms with Crippen LogP contribution in [0.2, 0.25) is 0 Å². The lowest BCUT2D eigenvalue weighted by molar-refractivity contribution is -0.193. The average molecular weight is 364 g/mol. The van der Waals surface area contributed by atoms with Gasteiger partial charge in [0.25, 0.3) is 0 Å². The van der Waals surface area contributed by atoms with Gasteiger partial charge < -0.3 is 10.2 Å². The number of carboxylic acid groups (broad SMARTS) is 2. The monoisotopic (exact) mass is 364 g/mol. The number of rotatable bonds is 0. The van der Waals surface area contributed by atoms with Crippen LogP contribution in [0.3, 0.4) is 0 Å². The minimum absolute atomic E-state index is 0.370. The molecule has 0 radical (unpaired) electrons. The lowest BCUT2D eigenvalue weighted by Gasteiger charge is -1.93. The minimum Gasteiger partial charge on any atom is -0.475 e. The van der Waals surface area contributed by atoms with Crippen LogP contribution in [-0.2, 0) is 9.59 Å². The summed E-state index contributed by atoms with van der Waals surface area (Å²) in [6.07, 6.45) is -8.67. The molecule has 24 heavy (non-hydrogen) atoms. The van der Waals surface area contributed by atoms with Crippen molar-refractivity contribution in [2.75, 3.05) is 0 Å². The fourth-order valence-electron chi connectivity index (χ4n) is 0.940. The van der Waals surface area contributed by atoms with Gasteiger partial charge in [0, 0.05) is 5.39 Å². The van der Waals surface area contributed by atoms with Gasteiger partial charge >= 0.3 is 24.3 Å². The topological polar surface area (TPSA) is 92.4 Å². The van der Waals surface area contributed by atoms with Crippen molar-refractivity contribution in [2.24, 2.45) is 0 Å². The molecular weight excluding hydrogens is 357 g/mol. The van der Waals surface area contributed by atoms with E-state index in [4.69, 9.17) is 19.8 Å². The number of carboxylic acids is 2. The summed E-state index contributed by atoms with van der Waals surface area (Å²) >= 11 is 0. The van der Waals surface area contributed by atoms with Crippen LogP contribution in [0, 0.1) is 0 Å². The maximum absolute atomic E-state index is 12.6. The fourth-order valence-corrected chi connectivity index (χ4v) is 0.940. The van der Waals surface area contributed by atoms with E-state index < -0.39 is 24.3 Å². The van der Waals surface area contributed by atoms with Gasteiger partial charge in [-0.3, -0.25) is 0 Å². The molecule has 0 aliphatic carbocycles. The number of halogens is 7. The second-order valence-electron chi connectivity index (χ2n) is 3.67. The summed E-state index contributed by atoms with van der Waals surface area (Å²) in [7, 11) is 0. The summed E-state index contributed by atoms with van der Waals surface area (Å²) in [5.74, 6) is -5.51. The molecule has 0 fully saturated rings. The third-order valence-electron chi connectivity index (χ3n) is 1.92. The number of para-hydroxylation sites is 1. The van der Waals surface area contributed by atoms with Crippen molar-refractivity contribution in [3.8, 4) is 0 Å². The summed E-state index contributed by atoms with van der Waals surface area (Å²) in [5.41, 5.74) is 0.516. The van der Waals surface area contributed by atoms with E-state index in [0.717, 1.165) is 5.39 Å². The van der Waals surface area contributed by atoms with Crippen molar-refractivity contribution in [2.45, 2.75) is 12.4 Å². The highest BCUT2D eigenvalue weighted by Gasteiger charge is 2.38. The second kappa shape index (κ2) is 8.12. The Labute approximate surface area is 127 Å². The molecule has 0 atom stereocenters. The highest BCUT2D eigenvalue weighted by atomic mass is 19.4. The van der Waals surface area contributed by atoms with E-state index in [1.54, 1.807) is 12.1 Å². The SMILES string of the molecule is Fn1ncc2ccccc21.O=C(O)C(F)(F)F.O=C(O)C(F)(F)F. The molecular formula is C11H7F7N2O4. The van der Waals surface area contributed by atoms with Crippen LogP contribution in [0.25, 0.3) is 10.9 Å². The molecule has 1 aromatic heterocycles. The molecule has 0 aliphatic heterocycles. The maximum Gasteiger partial charge on any atom is 0.490 e. The van der Waals surface area contributed by atoms with Gasteiger partial charge in [0.15, 0.2) is 0 Å². The van der Waals surface area contributed by atoms with Crippen LogP contribution in [0.15, 0.2) is 30.5 Å². The molecule has 0 aliphatic rings. The quantitative estimate of drug-likeness (QED) is 0.701. The van der Waals surface area contributed by atoms with E-state index in [-0.39, 0.29) is 0 Å². The molecule has 1 aromatic carbocycles. The van der Waals surface area contributed by atoms with E-state index in [1.807, 2.05) is 12.1 Å². The van der Waals surface area contributed by atoms with Gasteiger partial charge in [0.1, 0.15) is 5.52 Å². The maximum atomic E-state index is 12.6. The Morgan fingerprint density at radius 3 is 1.62 bits per heavy atom. The number of carbonyl (C=O) groups is 2. The highest BCUT2D eigenvalue weighted by molar-refractivity contribution is 5.77. The molecule has 0 saturated heterocycles. The number of alkyl halides is 6. The molecule has 0 bridgehead atoms. The molecule has 2 N–H and O–H groups in total. The van der Waals surface area contributed by atoms with Gasteiger partial charge in [-0.15, -0.1) is 5.10 Å². The number of hydrogen-bond acceptors (Lipinski definition) is 3. The van der Waals surface area contributed by atoms with Gasteiger partial charge in [0.05, 0.1) is 6.20 Å². The number of aromatic nitrogens is 2. The van der Waals surface area contributed by atoms with Crippen molar-refractivity contribution in [1.29, 1.82) is 0 Å². The zero-order chi connectivity index (χ0) is 19.1. The lowest BCUT2D eigenvalue weighted by Crippen LogP contribution is -2.21. The van der Waals surface area contributed by atoms with Crippen LogP contribution in [-0.4, -0.2) is 44.5 Å². The van der Waals surface area contributed by atoms with Gasteiger partial charge in [0.2, 0.25) is 0 Å². The van der Waals surface area contributed by atoms with Crippen molar-refractivity contribution < 1.29 is 50.6 Å². The van der Waals surface area contributed by atoms with E-state index in [1.165, 1.54) is 6.20 Å². The number of aliphatic carboxylic acids is 2. The first-order valence-electron chi connectivity index (χ1n) is 5.46. The number of fused-ring (bicyclic) bond motifs is 1. The molecule has 134 valence electrons. The van der Waals surface area contributed by atoms with Crippen molar-refractivity contribution >= 4 is 22.8 Å². The molecule has 13 heteroatoms. The van der Waals surface area contributed by atoms with Crippen molar-refractivity contribution in [3.05, 3.63) is 30.5 Å². The van der Waals surface area contributed by atoms with Crippen LogP contribution in [0.5, 0.6) is 0 Å². The first kappa shape index (κ1) is 21.1. The standard InChI is InChI=1S/C7H5FN2.2C2HF3O2/c8-10-7-4-2-1-3-6(7)5-9-10;2*3-2(4,5)1(6)7/h1-5H;2*(H,6,7). The van der Waals surface area contributed by atoms with Crippen molar-refractivity contribution in [3.63, 3.8) is 0 Å². The summed E-state index contributed by atoms with van der Waals surface area (Å²) in [6, 6.07) is 7.13. The van der Waals surface area contributed by atoms with Gasteiger partial charge in [-0.2, -0.15) is 26.3 Å². The summed E-state index contributed by atoms with van der Waals surface area (Å²) < 4.78 is 76.0. The molecule has 2 aromatic rings. The first-order valence-corrected chi connectivity index (χ1v) is 5.46. The average Bonchev–Trinajstić information content (AvgIpc) is 2.80. The van der Waals surface area contributed by atoms with E-state index in [9.17, 15) is 30.8 Å². The zero-order valence-corrected chi connectivity index (χ0v) is 11.1. The predicted octanol–water partition coefficient (Wildman–Crippen LogP) is 3.04. The fraction of sp³-hybridized carbons (Fsp3) is 0.182. The predicted molar refractivity (Wildman–Crippen MR) is 63.6 cm³/mol. The molecule has 0 spiro atoms. The van der Waals surface area contributed by atoms with Crippen LogP contribution in [0.1, 0.15) is 0 Å². The normalized spacial score (nSPS) is 11.0. The van der Waals surface area contributed by atoms with Crippen LogP contribution >= 0.6 is 0 Å².